The molecule has 1 aromatic rings. The van der Waals surface area contributed by atoms with Crippen molar-refractivity contribution in [3.63, 3.8) is 0 Å². The number of hydrogen-bond donors (Lipinski definition) is 0. The van der Waals surface area contributed by atoms with Gasteiger partial charge in [0.05, 0.1) is 28.1 Å². The summed E-state index contributed by atoms with van der Waals surface area (Å²) in [5.74, 6) is -0.548. The predicted molar refractivity (Wildman–Crippen MR) is 75.1 cm³/mol. The smallest absolute Gasteiger partial charge is 0.257 e. The Balaban J connectivity index is 2.21. The zero-order valence-corrected chi connectivity index (χ0v) is 12.7. The molecule has 0 spiro atoms. The molecule has 3 nitrogen and oxygen atoms in total. The van der Waals surface area contributed by atoms with Gasteiger partial charge >= 0.3 is 0 Å². The number of hydrogen-bond acceptors (Lipinski definition) is 2. The van der Waals surface area contributed by atoms with Gasteiger partial charge < -0.3 is 9.64 Å². The van der Waals surface area contributed by atoms with Crippen molar-refractivity contribution >= 4 is 33.4 Å². The molecule has 104 valence electrons. The third-order valence-corrected chi connectivity index (χ3v) is 3.92. The number of morpholine rings is 1. The molecule has 2 atom stereocenters. The van der Waals surface area contributed by atoms with E-state index in [0.29, 0.717) is 19.0 Å². The third-order valence-electron chi connectivity index (χ3n) is 2.97. The standard InChI is InChI=1S/C13H14BrClFNO2/c1-8-6-17(7-9(5-15)19-8)13(18)10-3-2-4-11(14)12(10)16/h2-4,8-9H,5-7H2,1H3. The molecule has 1 aliphatic heterocycles. The van der Waals surface area contributed by atoms with Gasteiger partial charge in [0.1, 0.15) is 5.82 Å². The first-order valence-corrected chi connectivity index (χ1v) is 7.30. The van der Waals surface area contributed by atoms with Crippen LogP contribution in [0.5, 0.6) is 0 Å². The summed E-state index contributed by atoms with van der Waals surface area (Å²) in [5.41, 5.74) is 0.0665. The van der Waals surface area contributed by atoms with E-state index in [1.54, 1.807) is 17.0 Å². The van der Waals surface area contributed by atoms with Crippen molar-refractivity contribution in [1.82, 2.24) is 4.90 Å². The highest BCUT2D eigenvalue weighted by Gasteiger charge is 2.29. The Morgan fingerprint density at radius 2 is 2.32 bits per heavy atom. The molecule has 0 aromatic heterocycles. The second-order valence-corrected chi connectivity index (χ2v) is 5.70. The lowest BCUT2D eigenvalue weighted by Gasteiger charge is -2.36. The largest absolute Gasteiger partial charge is 0.370 e. The normalized spacial score (nSPS) is 23.5. The number of ether oxygens (including phenoxy) is 1. The molecule has 2 rings (SSSR count). The van der Waals surface area contributed by atoms with E-state index in [0.717, 1.165) is 0 Å². The van der Waals surface area contributed by atoms with Crippen molar-refractivity contribution in [1.29, 1.82) is 0 Å². The average molecular weight is 351 g/mol. The monoisotopic (exact) mass is 349 g/mol. The fourth-order valence-electron chi connectivity index (χ4n) is 2.14. The van der Waals surface area contributed by atoms with Crippen molar-refractivity contribution in [2.75, 3.05) is 19.0 Å². The number of carbonyl (C=O) groups excluding carboxylic acids is 1. The number of alkyl halides is 1. The van der Waals surface area contributed by atoms with Crippen LogP contribution in [0, 0.1) is 5.82 Å². The van der Waals surface area contributed by atoms with Crippen LogP contribution >= 0.6 is 27.5 Å². The first-order valence-electron chi connectivity index (χ1n) is 5.97. The summed E-state index contributed by atoms with van der Waals surface area (Å²) in [7, 11) is 0. The molecule has 19 heavy (non-hydrogen) atoms. The van der Waals surface area contributed by atoms with Gasteiger partial charge in [-0.05, 0) is 35.0 Å². The minimum Gasteiger partial charge on any atom is -0.370 e. The Morgan fingerprint density at radius 3 is 3.00 bits per heavy atom. The highest BCUT2D eigenvalue weighted by Crippen LogP contribution is 2.22. The zero-order valence-electron chi connectivity index (χ0n) is 10.4. The first kappa shape index (κ1) is 14.8. The molecule has 1 aromatic carbocycles. The van der Waals surface area contributed by atoms with E-state index in [1.807, 2.05) is 6.92 Å². The summed E-state index contributed by atoms with van der Waals surface area (Å²) in [6, 6.07) is 4.69. The van der Waals surface area contributed by atoms with E-state index in [9.17, 15) is 9.18 Å². The minimum atomic E-state index is -0.533. The number of nitrogens with zero attached hydrogens (tertiary/aromatic N) is 1. The van der Waals surface area contributed by atoms with Gasteiger partial charge in [-0.1, -0.05) is 6.07 Å². The second-order valence-electron chi connectivity index (χ2n) is 4.53. The molecule has 0 N–H and O–H groups in total. The molecule has 1 amide bonds. The Hall–Kier alpha value is -0.650. The summed E-state index contributed by atoms with van der Waals surface area (Å²) in [6.07, 6.45) is -0.304. The van der Waals surface area contributed by atoms with E-state index in [4.69, 9.17) is 16.3 Å². The summed E-state index contributed by atoms with van der Waals surface area (Å²) >= 11 is 8.86. The molecule has 1 aliphatic rings. The predicted octanol–water partition coefficient (Wildman–Crippen LogP) is 3.06. The molecule has 1 fully saturated rings. The maximum absolute atomic E-state index is 13.9. The minimum absolute atomic E-state index is 0.0665. The van der Waals surface area contributed by atoms with Crippen molar-refractivity contribution in [2.24, 2.45) is 0 Å². The van der Waals surface area contributed by atoms with E-state index in [-0.39, 0.29) is 28.2 Å². The molecule has 0 aliphatic carbocycles. The van der Waals surface area contributed by atoms with Crippen molar-refractivity contribution in [3.05, 3.63) is 34.1 Å². The van der Waals surface area contributed by atoms with Gasteiger partial charge in [0.25, 0.3) is 5.91 Å². The highest BCUT2D eigenvalue weighted by molar-refractivity contribution is 9.10. The topological polar surface area (TPSA) is 29.5 Å². The number of carbonyl (C=O) groups is 1. The maximum atomic E-state index is 13.9. The quantitative estimate of drug-likeness (QED) is 0.767. The molecule has 6 heteroatoms. The Morgan fingerprint density at radius 1 is 1.58 bits per heavy atom. The molecule has 0 bridgehead atoms. The van der Waals surface area contributed by atoms with Gasteiger partial charge in [-0.15, -0.1) is 11.6 Å². The van der Waals surface area contributed by atoms with Gasteiger partial charge in [-0.25, -0.2) is 4.39 Å². The Bertz CT molecular complexity index is 486. The van der Waals surface area contributed by atoms with E-state index >= 15 is 0 Å². The zero-order chi connectivity index (χ0) is 14.0. The molecule has 1 heterocycles. The van der Waals surface area contributed by atoms with Crippen molar-refractivity contribution in [2.45, 2.75) is 19.1 Å². The van der Waals surface area contributed by atoms with E-state index in [1.165, 1.54) is 6.07 Å². The van der Waals surface area contributed by atoms with Crippen LogP contribution in [-0.4, -0.2) is 42.0 Å². The van der Waals surface area contributed by atoms with Gasteiger partial charge in [0, 0.05) is 13.1 Å². The fraction of sp³-hybridized carbons (Fsp3) is 0.462. The van der Waals surface area contributed by atoms with Crippen LogP contribution in [-0.2, 0) is 4.74 Å². The summed E-state index contributed by atoms with van der Waals surface area (Å²) < 4.78 is 19.8. The lowest BCUT2D eigenvalue weighted by molar-refractivity contribution is -0.0571. The number of halogens is 3. The third kappa shape index (κ3) is 3.27. The first-order chi connectivity index (χ1) is 9.02. The molecular weight excluding hydrogens is 337 g/mol. The number of benzene rings is 1. The summed E-state index contributed by atoms with van der Waals surface area (Å²) in [6.45, 7) is 2.70. The van der Waals surface area contributed by atoms with Crippen LogP contribution in [0.25, 0.3) is 0 Å². The van der Waals surface area contributed by atoms with Crippen LogP contribution in [0.4, 0.5) is 4.39 Å². The Labute approximate surface area is 124 Å². The molecule has 2 unspecified atom stereocenters. The van der Waals surface area contributed by atoms with E-state index in [2.05, 4.69) is 15.9 Å². The molecule has 0 saturated carbocycles. The SMILES string of the molecule is CC1CN(C(=O)c2cccc(Br)c2F)CC(CCl)O1. The summed E-state index contributed by atoms with van der Waals surface area (Å²) in [5, 5.41) is 0. The average Bonchev–Trinajstić information content (AvgIpc) is 2.40. The Kier molecular flexibility index (Phi) is 4.81. The lowest BCUT2D eigenvalue weighted by Crippen LogP contribution is -2.50. The van der Waals surface area contributed by atoms with Gasteiger partial charge in [0.15, 0.2) is 0 Å². The van der Waals surface area contributed by atoms with Gasteiger partial charge in [-0.3, -0.25) is 4.79 Å². The number of rotatable bonds is 2. The molecule has 0 radical (unpaired) electrons. The lowest BCUT2D eigenvalue weighted by atomic mass is 10.1. The van der Waals surface area contributed by atoms with Gasteiger partial charge in [-0.2, -0.15) is 0 Å². The van der Waals surface area contributed by atoms with Crippen molar-refractivity contribution < 1.29 is 13.9 Å². The maximum Gasteiger partial charge on any atom is 0.257 e. The van der Waals surface area contributed by atoms with Gasteiger partial charge in [0.2, 0.25) is 0 Å². The number of amides is 1. The van der Waals surface area contributed by atoms with Crippen LogP contribution in [0.1, 0.15) is 17.3 Å². The van der Waals surface area contributed by atoms with Crippen molar-refractivity contribution in [3.8, 4) is 0 Å². The molecular formula is C13H14BrClFNO2. The molecule has 1 saturated heterocycles. The second kappa shape index (κ2) is 6.20. The van der Waals surface area contributed by atoms with Crippen LogP contribution < -0.4 is 0 Å². The van der Waals surface area contributed by atoms with Crippen LogP contribution in [0.3, 0.4) is 0 Å². The van der Waals surface area contributed by atoms with Crippen LogP contribution in [0.15, 0.2) is 22.7 Å². The van der Waals surface area contributed by atoms with Crippen LogP contribution in [0.2, 0.25) is 0 Å². The summed E-state index contributed by atoms with van der Waals surface area (Å²) in [4.78, 5) is 13.9. The fourth-order valence-corrected chi connectivity index (χ4v) is 2.67. The highest BCUT2D eigenvalue weighted by atomic mass is 79.9. The van der Waals surface area contributed by atoms with E-state index < -0.39 is 5.82 Å².